The first-order valence-electron chi connectivity index (χ1n) is 7.32. The van der Waals surface area contributed by atoms with E-state index in [9.17, 15) is 9.59 Å². The van der Waals surface area contributed by atoms with Gasteiger partial charge in [0.25, 0.3) is 0 Å². The molecule has 1 N–H and O–H groups in total. The Balaban J connectivity index is 1.84. The Morgan fingerprint density at radius 3 is 2.79 bits per heavy atom. The molecule has 1 saturated heterocycles. The lowest BCUT2D eigenvalue weighted by Crippen LogP contribution is -2.43. The molecule has 19 heavy (non-hydrogen) atoms. The number of carboxylic acids is 1. The van der Waals surface area contributed by atoms with Gasteiger partial charge in [-0.3, -0.25) is 9.59 Å². The van der Waals surface area contributed by atoms with E-state index in [1.54, 1.807) is 0 Å². The summed E-state index contributed by atoms with van der Waals surface area (Å²) in [6.45, 7) is 1.61. The molecule has 4 nitrogen and oxygen atoms in total. The predicted octanol–water partition coefficient (Wildman–Crippen LogP) is 2.45. The van der Waals surface area contributed by atoms with Crippen LogP contribution in [0.2, 0.25) is 0 Å². The van der Waals surface area contributed by atoms with E-state index >= 15 is 0 Å². The molecule has 4 heteroatoms. The Kier molecular flexibility index (Phi) is 5.00. The highest BCUT2D eigenvalue weighted by atomic mass is 16.4. The van der Waals surface area contributed by atoms with Crippen molar-refractivity contribution in [1.29, 1.82) is 0 Å². The second-order valence-electron chi connectivity index (χ2n) is 5.71. The van der Waals surface area contributed by atoms with Crippen LogP contribution in [0.3, 0.4) is 0 Å². The van der Waals surface area contributed by atoms with Crippen molar-refractivity contribution in [1.82, 2.24) is 4.90 Å². The van der Waals surface area contributed by atoms with E-state index in [1.165, 1.54) is 0 Å². The molecule has 1 heterocycles. The van der Waals surface area contributed by atoms with Crippen molar-refractivity contribution in [3.05, 3.63) is 12.2 Å². The van der Waals surface area contributed by atoms with Crippen molar-refractivity contribution < 1.29 is 14.7 Å². The number of carbonyl (C=O) groups excluding carboxylic acids is 1. The van der Waals surface area contributed by atoms with Gasteiger partial charge in [0, 0.05) is 25.4 Å². The fourth-order valence-electron chi connectivity index (χ4n) is 3.10. The van der Waals surface area contributed by atoms with Crippen LogP contribution in [0, 0.1) is 11.8 Å². The van der Waals surface area contributed by atoms with Crippen molar-refractivity contribution in [2.75, 3.05) is 13.1 Å². The molecule has 0 bridgehead atoms. The van der Waals surface area contributed by atoms with E-state index in [0.717, 1.165) is 45.2 Å². The van der Waals surface area contributed by atoms with E-state index in [2.05, 4.69) is 12.2 Å². The number of carbonyl (C=O) groups is 2. The quantitative estimate of drug-likeness (QED) is 0.794. The Morgan fingerprint density at radius 1 is 1.26 bits per heavy atom. The number of hydrogen-bond acceptors (Lipinski definition) is 2. The third-order valence-corrected chi connectivity index (χ3v) is 4.22. The van der Waals surface area contributed by atoms with Gasteiger partial charge in [-0.2, -0.15) is 0 Å². The first kappa shape index (κ1) is 14.1. The van der Waals surface area contributed by atoms with Crippen LogP contribution in [0.1, 0.15) is 44.9 Å². The minimum atomic E-state index is -0.735. The minimum Gasteiger partial charge on any atom is -0.481 e. The van der Waals surface area contributed by atoms with Crippen LogP contribution in [0.25, 0.3) is 0 Å². The van der Waals surface area contributed by atoms with Crippen LogP contribution in [-0.2, 0) is 9.59 Å². The number of amides is 1. The third-order valence-electron chi connectivity index (χ3n) is 4.22. The first-order chi connectivity index (χ1) is 9.16. The maximum atomic E-state index is 12.4. The molecular weight excluding hydrogens is 242 g/mol. The van der Waals surface area contributed by atoms with Gasteiger partial charge >= 0.3 is 5.97 Å². The molecule has 1 fully saturated rings. The van der Waals surface area contributed by atoms with Crippen LogP contribution in [0.5, 0.6) is 0 Å². The smallest absolute Gasteiger partial charge is 0.303 e. The highest BCUT2D eigenvalue weighted by molar-refractivity contribution is 5.79. The van der Waals surface area contributed by atoms with Gasteiger partial charge in [0.1, 0.15) is 0 Å². The highest BCUT2D eigenvalue weighted by Crippen LogP contribution is 2.26. The molecule has 2 atom stereocenters. The van der Waals surface area contributed by atoms with E-state index < -0.39 is 5.97 Å². The van der Waals surface area contributed by atoms with Crippen LogP contribution in [0.15, 0.2) is 12.2 Å². The average Bonchev–Trinajstić information content (AvgIpc) is 2.45. The summed E-state index contributed by atoms with van der Waals surface area (Å²) in [5.41, 5.74) is 0. The van der Waals surface area contributed by atoms with Crippen molar-refractivity contribution >= 4 is 11.9 Å². The van der Waals surface area contributed by atoms with Crippen molar-refractivity contribution in [2.45, 2.75) is 44.9 Å². The van der Waals surface area contributed by atoms with Gasteiger partial charge in [-0.05, 0) is 44.4 Å². The summed E-state index contributed by atoms with van der Waals surface area (Å²) in [4.78, 5) is 25.0. The molecule has 1 aliphatic carbocycles. The summed E-state index contributed by atoms with van der Waals surface area (Å²) < 4.78 is 0. The van der Waals surface area contributed by atoms with Gasteiger partial charge in [0.05, 0.1) is 0 Å². The van der Waals surface area contributed by atoms with Gasteiger partial charge in [0.2, 0.25) is 5.91 Å². The summed E-state index contributed by atoms with van der Waals surface area (Å²) in [6, 6.07) is 0. The lowest BCUT2D eigenvalue weighted by Gasteiger charge is -2.35. The standard InChI is InChI=1S/C15H23NO3/c17-14(18)9-8-12-5-4-10-16(11-12)15(19)13-6-2-1-3-7-13/h1-2,12-13H,3-11H2,(H,17,18). The highest BCUT2D eigenvalue weighted by Gasteiger charge is 2.28. The van der Waals surface area contributed by atoms with Crippen molar-refractivity contribution in [3.63, 3.8) is 0 Å². The second kappa shape index (κ2) is 6.73. The molecule has 0 saturated carbocycles. The summed E-state index contributed by atoms with van der Waals surface area (Å²) in [6.07, 6.45) is 10.1. The number of allylic oxidation sites excluding steroid dienone is 2. The van der Waals surface area contributed by atoms with Gasteiger partial charge in [-0.25, -0.2) is 0 Å². The van der Waals surface area contributed by atoms with Gasteiger partial charge < -0.3 is 10.0 Å². The van der Waals surface area contributed by atoms with Crippen molar-refractivity contribution in [3.8, 4) is 0 Å². The lowest BCUT2D eigenvalue weighted by atomic mass is 9.89. The Morgan fingerprint density at radius 2 is 2.11 bits per heavy atom. The summed E-state index contributed by atoms with van der Waals surface area (Å²) in [5, 5.41) is 8.73. The molecule has 0 aromatic heterocycles. The average molecular weight is 265 g/mol. The maximum absolute atomic E-state index is 12.4. The number of rotatable bonds is 4. The maximum Gasteiger partial charge on any atom is 0.303 e. The summed E-state index contributed by atoms with van der Waals surface area (Å²) in [5.74, 6) is 0.0707. The number of nitrogens with zero attached hydrogens (tertiary/aromatic N) is 1. The van der Waals surface area contributed by atoms with E-state index in [4.69, 9.17) is 5.11 Å². The van der Waals surface area contributed by atoms with Crippen LogP contribution in [-0.4, -0.2) is 35.0 Å². The predicted molar refractivity (Wildman–Crippen MR) is 72.7 cm³/mol. The zero-order valence-electron chi connectivity index (χ0n) is 11.4. The molecule has 0 aromatic rings. The zero-order chi connectivity index (χ0) is 13.7. The zero-order valence-corrected chi connectivity index (χ0v) is 11.4. The number of piperidine rings is 1. The number of carboxylic acid groups (broad SMARTS) is 1. The van der Waals surface area contributed by atoms with Crippen LogP contribution < -0.4 is 0 Å². The van der Waals surface area contributed by atoms with Crippen LogP contribution in [0.4, 0.5) is 0 Å². The monoisotopic (exact) mass is 265 g/mol. The molecule has 0 aromatic carbocycles. The third kappa shape index (κ3) is 4.08. The van der Waals surface area contributed by atoms with E-state index in [1.807, 2.05) is 4.90 Å². The Hall–Kier alpha value is -1.32. The van der Waals surface area contributed by atoms with Gasteiger partial charge in [-0.15, -0.1) is 0 Å². The Labute approximate surface area is 114 Å². The molecule has 2 unspecified atom stereocenters. The van der Waals surface area contributed by atoms with E-state index in [0.29, 0.717) is 12.3 Å². The summed E-state index contributed by atoms with van der Waals surface area (Å²) in [7, 11) is 0. The molecule has 0 spiro atoms. The summed E-state index contributed by atoms with van der Waals surface area (Å²) >= 11 is 0. The molecule has 2 rings (SSSR count). The fourth-order valence-corrected chi connectivity index (χ4v) is 3.10. The largest absolute Gasteiger partial charge is 0.481 e. The molecule has 1 aliphatic heterocycles. The molecule has 1 amide bonds. The molecule has 106 valence electrons. The van der Waals surface area contributed by atoms with Gasteiger partial charge in [0.15, 0.2) is 0 Å². The topological polar surface area (TPSA) is 57.6 Å². The lowest BCUT2D eigenvalue weighted by molar-refractivity contribution is -0.138. The van der Waals surface area contributed by atoms with Crippen molar-refractivity contribution in [2.24, 2.45) is 11.8 Å². The Bertz CT molecular complexity index is 364. The number of aliphatic carboxylic acids is 1. The number of likely N-dealkylation sites (tertiary alicyclic amines) is 1. The molecular formula is C15H23NO3. The minimum absolute atomic E-state index is 0.156. The molecule has 0 radical (unpaired) electrons. The normalized spacial score (nSPS) is 27.3. The van der Waals surface area contributed by atoms with E-state index in [-0.39, 0.29) is 18.2 Å². The SMILES string of the molecule is O=C(O)CCC1CCCN(C(=O)C2CC=CCC2)C1. The van der Waals surface area contributed by atoms with Crippen LogP contribution >= 0.6 is 0 Å². The number of hydrogen-bond donors (Lipinski definition) is 1. The van der Waals surface area contributed by atoms with Gasteiger partial charge in [-0.1, -0.05) is 12.2 Å². The second-order valence-corrected chi connectivity index (χ2v) is 5.71. The molecule has 2 aliphatic rings. The fraction of sp³-hybridized carbons (Fsp3) is 0.733. The first-order valence-corrected chi connectivity index (χ1v) is 7.32.